The van der Waals surface area contributed by atoms with Crippen molar-refractivity contribution >= 4 is 5.91 Å². The summed E-state index contributed by atoms with van der Waals surface area (Å²) in [5.41, 5.74) is 5.41. The molecule has 3 N–H and O–H groups in total. The van der Waals surface area contributed by atoms with Crippen molar-refractivity contribution < 1.29 is 4.79 Å². The first kappa shape index (κ1) is 11.6. The number of hydrogen-bond acceptors (Lipinski definition) is 2. The van der Waals surface area contributed by atoms with Gasteiger partial charge in [-0.15, -0.1) is 0 Å². The fraction of sp³-hybridized carbons (Fsp3) is 0.769. The van der Waals surface area contributed by atoms with Crippen LogP contribution in [0.4, 0.5) is 0 Å². The van der Waals surface area contributed by atoms with E-state index in [1.165, 1.54) is 6.42 Å². The summed E-state index contributed by atoms with van der Waals surface area (Å²) in [6, 6.07) is 0. The smallest absolute Gasteiger partial charge is 0.240 e. The van der Waals surface area contributed by atoms with Gasteiger partial charge in [0.2, 0.25) is 5.91 Å². The third-order valence-corrected chi connectivity index (χ3v) is 3.84. The highest BCUT2D eigenvalue weighted by molar-refractivity contribution is 5.86. The van der Waals surface area contributed by atoms with Crippen LogP contribution in [0.25, 0.3) is 0 Å². The number of allylic oxidation sites excluding steroid dienone is 2. The first-order chi connectivity index (χ1) is 7.60. The number of nitrogens with two attached hydrogens (primary N) is 1. The molecule has 0 radical (unpaired) electrons. The Kier molecular flexibility index (Phi) is 3.33. The monoisotopic (exact) mass is 222 g/mol. The van der Waals surface area contributed by atoms with Crippen molar-refractivity contribution in [2.75, 3.05) is 6.54 Å². The van der Waals surface area contributed by atoms with Crippen LogP contribution in [-0.2, 0) is 4.79 Å². The normalized spacial score (nSPS) is 28.5. The number of carbonyl (C=O) groups excluding carboxylic acids is 1. The first-order valence-electron chi connectivity index (χ1n) is 6.33. The van der Waals surface area contributed by atoms with Crippen LogP contribution in [0.2, 0.25) is 0 Å². The number of amides is 1. The van der Waals surface area contributed by atoms with Crippen molar-refractivity contribution in [3.8, 4) is 0 Å². The van der Waals surface area contributed by atoms with Crippen LogP contribution in [-0.4, -0.2) is 18.0 Å². The molecule has 0 aliphatic heterocycles. The number of rotatable bonds is 4. The number of nitrogens with one attached hydrogen (secondary N) is 1. The second kappa shape index (κ2) is 4.58. The fourth-order valence-electron chi connectivity index (χ4n) is 2.34. The lowest BCUT2D eigenvalue weighted by Crippen LogP contribution is -2.54. The molecule has 0 aromatic rings. The summed E-state index contributed by atoms with van der Waals surface area (Å²) in [5, 5.41) is 3.02. The van der Waals surface area contributed by atoms with Gasteiger partial charge >= 0.3 is 0 Å². The average Bonchev–Trinajstić information content (AvgIpc) is 3.11. The van der Waals surface area contributed by atoms with Crippen LogP contribution in [0.15, 0.2) is 12.2 Å². The van der Waals surface area contributed by atoms with Crippen LogP contribution in [0.1, 0.15) is 39.0 Å². The van der Waals surface area contributed by atoms with E-state index < -0.39 is 5.54 Å². The molecule has 2 aliphatic carbocycles. The molecule has 16 heavy (non-hydrogen) atoms. The number of hydrogen-bond donors (Lipinski definition) is 2. The molecule has 2 rings (SSSR count). The molecule has 1 fully saturated rings. The predicted octanol–water partition coefficient (Wildman–Crippen LogP) is 1.59. The molecule has 0 spiro atoms. The minimum absolute atomic E-state index is 0.0320. The topological polar surface area (TPSA) is 55.1 Å². The van der Waals surface area contributed by atoms with E-state index in [9.17, 15) is 4.79 Å². The van der Waals surface area contributed by atoms with Crippen molar-refractivity contribution in [1.29, 1.82) is 0 Å². The molecular formula is C13H22N2O. The molecule has 0 aromatic carbocycles. The number of carbonyl (C=O) groups is 1. The molecule has 0 aromatic heterocycles. The minimum atomic E-state index is -0.648. The zero-order valence-electron chi connectivity index (χ0n) is 10.0. The van der Waals surface area contributed by atoms with E-state index in [2.05, 4.69) is 17.5 Å². The van der Waals surface area contributed by atoms with E-state index >= 15 is 0 Å². The van der Waals surface area contributed by atoms with Gasteiger partial charge in [0, 0.05) is 6.54 Å². The van der Waals surface area contributed by atoms with E-state index in [0.29, 0.717) is 11.8 Å². The molecular weight excluding hydrogens is 200 g/mol. The van der Waals surface area contributed by atoms with Crippen LogP contribution in [0, 0.1) is 11.8 Å². The Labute approximate surface area is 97.5 Å². The lowest BCUT2D eigenvalue weighted by Gasteiger charge is -2.25. The average molecular weight is 222 g/mol. The summed E-state index contributed by atoms with van der Waals surface area (Å²) in [5.74, 6) is 1.03. The SMILES string of the molecule is CC(N)(C(=O)NCC1CC=CCC1)C1CC1. The Morgan fingerprint density at radius 3 is 2.75 bits per heavy atom. The van der Waals surface area contributed by atoms with Crippen molar-refractivity contribution in [2.24, 2.45) is 17.6 Å². The van der Waals surface area contributed by atoms with Crippen LogP contribution in [0.3, 0.4) is 0 Å². The molecule has 0 heterocycles. The predicted molar refractivity (Wildman–Crippen MR) is 64.8 cm³/mol. The van der Waals surface area contributed by atoms with Crippen molar-refractivity contribution in [3.63, 3.8) is 0 Å². The van der Waals surface area contributed by atoms with Gasteiger partial charge in [0.05, 0.1) is 5.54 Å². The summed E-state index contributed by atoms with van der Waals surface area (Å²) >= 11 is 0. The van der Waals surface area contributed by atoms with Gasteiger partial charge in [-0.05, 0) is 50.9 Å². The van der Waals surface area contributed by atoms with Gasteiger partial charge in [0.1, 0.15) is 0 Å². The van der Waals surface area contributed by atoms with Gasteiger partial charge in [-0.2, -0.15) is 0 Å². The maximum atomic E-state index is 11.9. The van der Waals surface area contributed by atoms with E-state index in [-0.39, 0.29) is 5.91 Å². The maximum absolute atomic E-state index is 11.9. The minimum Gasteiger partial charge on any atom is -0.354 e. The summed E-state index contributed by atoms with van der Waals surface area (Å²) in [4.78, 5) is 11.9. The van der Waals surface area contributed by atoms with E-state index in [4.69, 9.17) is 5.73 Å². The Bertz CT molecular complexity index is 292. The highest BCUT2D eigenvalue weighted by Crippen LogP contribution is 2.38. The molecule has 1 saturated carbocycles. The second-order valence-corrected chi connectivity index (χ2v) is 5.42. The largest absolute Gasteiger partial charge is 0.354 e. The Morgan fingerprint density at radius 1 is 1.44 bits per heavy atom. The summed E-state index contributed by atoms with van der Waals surface area (Å²) in [6.07, 6.45) is 10.0. The Balaban J connectivity index is 1.76. The van der Waals surface area contributed by atoms with Gasteiger partial charge < -0.3 is 11.1 Å². The van der Waals surface area contributed by atoms with Crippen molar-refractivity contribution in [2.45, 2.75) is 44.6 Å². The third kappa shape index (κ3) is 2.64. The first-order valence-corrected chi connectivity index (χ1v) is 6.33. The Hall–Kier alpha value is -0.830. The molecule has 0 saturated heterocycles. The summed E-state index contributed by atoms with van der Waals surface area (Å²) < 4.78 is 0. The molecule has 2 unspecified atom stereocenters. The van der Waals surface area contributed by atoms with Gasteiger partial charge in [0.25, 0.3) is 0 Å². The zero-order valence-corrected chi connectivity index (χ0v) is 10.0. The highest BCUT2D eigenvalue weighted by Gasteiger charge is 2.43. The molecule has 1 amide bonds. The lowest BCUT2D eigenvalue weighted by atomic mass is 9.93. The molecule has 2 atom stereocenters. The second-order valence-electron chi connectivity index (χ2n) is 5.42. The van der Waals surface area contributed by atoms with Gasteiger partial charge in [-0.3, -0.25) is 4.79 Å². The van der Waals surface area contributed by atoms with Gasteiger partial charge in [-0.25, -0.2) is 0 Å². The van der Waals surface area contributed by atoms with Crippen molar-refractivity contribution in [1.82, 2.24) is 5.32 Å². The highest BCUT2D eigenvalue weighted by atomic mass is 16.2. The third-order valence-electron chi connectivity index (χ3n) is 3.84. The summed E-state index contributed by atoms with van der Waals surface area (Å²) in [6.45, 7) is 2.64. The summed E-state index contributed by atoms with van der Waals surface area (Å²) in [7, 11) is 0. The molecule has 2 aliphatic rings. The van der Waals surface area contributed by atoms with Crippen molar-refractivity contribution in [3.05, 3.63) is 12.2 Å². The molecule has 90 valence electrons. The van der Waals surface area contributed by atoms with E-state index in [0.717, 1.165) is 32.2 Å². The van der Waals surface area contributed by atoms with Crippen LogP contribution < -0.4 is 11.1 Å². The van der Waals surface area contributed by atoms with E-state index in [1.807, 2.05) is 6.92 Å². The quantitative estimate of drug-likeness (QED) is 0.710. The lowest BCUT2D eigenvalue weighted by molar-refractivity contribution is -0.126. The van der Waals surface area contributed by atoms with E-state index in [1.54, 1.807) is 0 Å². The van der Waals surface area contributed by atoms with Crippen LogP contribution in [0.5, 0.6) is 0 Å². The maximum Gasteiger partial charge on any atom is 0.240 e. The van der Waals surface area contributed by atoms with Gasteiger partial charge in [0.15, 0.2) is 0 Å². The Morgan fingerprint density at radius 2 is 2.19 bits per heavy atom. The van der Waals surface area contributed by atoms with Gasteiger partial charge in [-0.1, -0.05) is 12.2 Å². The van der Waals surface area contributed by atoms with Crippen LogP contribution >= 0.6 is 0 Å². The molecule has 3 nitrogen and oxygen atoms in total. The fourth-order valence-corrected chi connectivity index (χ4v) is 2.34. The standard InChI is InChI=1S/C13H22N2O/c1-13(14,11-7-8-11)12(16)15-9-10-5-3-2-4-6-10/h2-3,10-11H,4-9,14H2,1H3,(H,15,16). The zero-order chi connectivity index (χ0) is 11.6. The molecule has 3 heteroatoms. The molecule has 0 bridgehead atoms.